The van der Waals surface area contributed by atoms with Crippen molar-refractivity contribution < 1.29 is 14.3 Å². The Morgan fingerprint density at radius 1 is 1.20 bits per heavy atom. The second-order valence-corrected chi connectivity index (χ2v) is 6.94. The summed E-state index contributed by atoms with van der Waals surface area (Å²) >= 11 is 0. The van der Waals surface area contributed by atoms with Crippen molar-refractivity contribution in [3.8, 4) is 5.75 Å². The summed E-state index contributed by atoms with van der Waals surface area (Å²) in [6, 6.07) is 8.07. The van der Waals surface area contributed by atoms with Gasteiger partial charge in [-0.15, -0.1) is 0 Å². The predicted octanol–water partition coefficient (Wildman–Crippen LogP) is 2.63. The third-order valence-corrected chi connectivity index (χ3v) is 5.11. The number of carbonyl (C=O) groups excluding carboxylic acids is 2. The Hall–Kier alpha value is -2.04. The minimum absolute atomic E-state index is 0.0801. The minimum Gasteiger partial charge on any atom is -0.486 e. The number of aryl methyl sites for hydroxylation is 1. The SMILES string of the molecule is CCc1ccccc1OC1CN(C(=O)CCN2CCCCCC2=O)C1. The molecule has 2 amide bonds. The van der Waals surface area contributed by atoms with Gasteiger partial charge in [0.15, 0.2) is 0 Å². The van der Waals surface area contributed by atoms with Crippen molar-refractivity contribution in [1.29, 1.82) is 0 Å². The first-order chi connectivity index (χ1) is 12.2. The number of benzene rings is 1. The summed E-state index contributed by atoms with van der Waals surface area (Å²) in [5.74, 6) is 1.25. The van der Waals surface area contributed by atoms with Crippen molar-refractivity contribution in [2.75, 3.05) is 26.2 Å². The number of carbonyl (C=O) groups is 2. The van der Waals surface area contributed by atoms with Crippen molar-refractivity contribution in [2.24, 2.45) is 0 Å². The zero-order valence-electron chi connectivity index (χ0n) is 15.1. The van der Waals surface area contributed by atoms with E-state index in [1.54, 1.807) is 0 Å². The molecule has 5 heteroatoms. The lowest BCUT2D eigenvalue weighted by Gasteiger charge is -2.39. The van der Waals surface area contributed by atoms with Gasteiger partial charge in [0.1, 0.15) is 11.9 Å². The third-order valence-electron chi connectivity index (χ3n) is 5.11. The van der Waals surface area contributed by atoms with E-state index in [4.69, 9.17) is 4.74 Å². The highest BCUT2D eigenvalue weighted by Crippen LogP contribution is 2.23. The zero-order chi connectivity index (χ0) is 17.6. The second-order valence-electron chi connectivity index (χ2n) is 6.94. The van der Waals surface area contributed by atoms with Crippen molar-refractivity contribution in [2.45, 2.75) is 51.6 Å². The van der Waals surface area contributed by atoms with Crippen LogP contribution in [0.25, 0.3) is 0 Å². The van der Waals surface area contributed by atoms with Crippen LogP contribution in [0.3, 0.4) is 0 Å². The molecule has 25 heavy (non-hydrogen) atoms. The normalized spacial score (nSPS) is 18.7. The number of likely N-dealkylation sites (tertiary alicyclic amines) is 2. The fraction of sp³-hybridized carbons (Fsp3) is 0.600. The largest absolute Gasteiger partial charge is 0.486 e. The molecule has 0 saturated carbocycles. The van der Waals surface area contributed by atoms with Crippen LogP contribution in [0.15, 0.2) is 24.3 Å². The number of hydrogen-bond acceptors (Lipinski definition) is 3. The number of para-hydroxylation sites is 1. The van der Waals surface area contributed by atoms with Gasteiger partial charge in [-0.05, 0) is 30.9 Å². The van der Waals surface area contributed by atoms with Crippen LogP contribution in [-0.2, 0) is 16.0 Å². The van der Waals surface area contributed by atoms with Gasteiger partial charge in [0, 0.05) is 25.9 Å². The van der Waals surface area contributed by atoms with Gasteiger partial charge in [-0.3, -0.25) is 9.59 Å². The van der Waals surface area contributed by atoms with Gasteiger partial charge in [-0.1, -0.05) is 31.5 Å². The summed E-state index contributed by atoms with van der Waals surface area (Å²) in [6.45, 7) is 4.75. The number of hydrogen-bond donors (Lipinski definition) is 0. The number of amides is 2. The zero-order valence-corrected chi connectivity index (χ0v) is 15.1. The van der Waals surface area contributed by atoms with E-state index in [-0.39, 0.29) is 17.9 Å². The molecule has 0 radical (unpaired) electrons. The van der Waals surface area contributed by atoms with Crippen LogP contribution in [0.5, 0.6) is 5.75 Å². The highest BCUT2D eigenvalue weighted by atomic mass is 16.5. The molecule has 0 N–H and O–H groups in total. The molecule has 0 aromatic heterocycles. The molecule has 1 aromatic carbocycles. The van der Waals surface area contributed by atoms with E-state index >= 15 is 0 Å². The molecule has 0 aliphatic carbocycles. The molecule has 2 saturated heterocycles. The molecule has 5 nitrogen and oxygen atoms in total. The molecule has 136 valence electrons. The maximum atomic E-state index is 12.3. The summed E-state index contributed by atoms with van der Waals surface area (Å²) in [5.41, 5.74) is 1.20. The molecular formula is C20H28N2O3. The third kappa shape index (κ3) is 4.53. The monoisotopic (exact) mass is 344 g/mol. The lowest BCUT2D eigenvalue weighted by atomic mass is 10.1. The van der Waals surface area contributed by atoms with E-state index in [1.807, 2.05) is 28.0 Å². The van der Waals surface area contributed by atoms with E-state index in [9.17, 15) is 9.59 Å². The van der Waals surface area contributed by atoms with E-state index in [2.05, 4.69) is 13.0 Å². The van der Waals surface area contributed by atoms with Crippen molar-refractivity contribution in [1.82, 2.24) is 9.80 Å². The summed E-state index contributed by atoms with van der Waals surface area (Å²) in [6.07, 6.45) is 5.21. The smallest absolute Gasteiger partial charge is 0.224 e. The van der Waals surface area contributed by atoms with E-state index in [0.717, 1.165) is 38.0 Å². The Labute approximate surface area is 149 Å². The molecule has 0 bridgehead atoms. The van der Waals surface area contributed by atoms with E-state index in [1.165, 1.54) is 5.56 Å². The van der Waals surface area contributed by atoms with Gasteiger partial charge in [0.2, 0.25) is 11.8 Å². The van der Waals surface area contributed by atoms with Crippen LogP contribution in [0.1, 0.15) is 44.6 Å². The summed E-state index contributed by atoms with van der Waals surface area (Å²) in [4.78, 5) is 28.0. The van der Waals surface area contributed by atoms with Crippen LogP contribution >= 0.6 is 0 Å². The Kier molecular flexibility index (Phi) is 5.95. The van der Waals surface area contributed by atoms with Gasteiger partial charge in [0.05, 0.1) is 13.1 Å². The van der Waals surface area contributed by atoms with Gasteiger partial charge in [-0.2, -0.15) is 0 Å². The number of nitrogens with zero attached hydrogens (tertiary/aromatic N) is 2. The van der Waals surface area contributed by atoms with E-state index < -0.39 is 0 Å². The molecule has 0 unspecified atom stereocenters. The highest BCUT2D eigenvalue weighted by Gasteiger charge is 2.32. The topological polar surface area (TPSA) is 49.9 Å². The van der Waals surface area contributed by atoms with Gasteiger partial charge >= 0.3 is 0 Å². The van der Waals surface area contributed by atoms with Crippen LogP contribution in [0.4, 0.5) is 0 Å². The number of ether oxygens (including phenoxy) is 1. The minimum atomic E-state index is 0.0801. The lowest BCUT2D eigenvalue weighted by molar-refractivity contribution is -0.141. The van der Waals surface area contributed by atoms with Crippen LogP contribution in [-0.4, -0.2) is 53.9 Å². The Morgan fingerprint density at radius 3 is 2.80 bits per heavy atom. The average Bonchev–Trinajstić information content (AvgIpc) is 2.80. The second kappa shape index (κ2) is 8.37. The van der Waals surface area contributed by atoms with E-state index in [0.29, 0.717) is 32.5 Å². The molecule has 3 rings (SSSR count). The molecule has 1 aromatic rings. The van der Waals surface area contributed by atoms with Crippen LogP contribution in [0.2, 0.25) is 0 Å². The maximum Gasteiger partial charge on any atom is 0.224 e. The van der Waals surface area contributed by atoms with Crippen LogP contribution < -0.4 is 4.74 Å². The Morgan fingerprint density at radius 2 is 2.00 bits per heavy atom. The van der Waals surface area contributed by atoms with Gasteiger partial charge in [-0.25, -0.2) is 0 Å². The Balaban J connectivity index is 1.41. The van der Waals surface area contributed by atoms with Crippen molar-refractivity contribution >= 4 is 11.8 Å². The first-order valence-electron chi connectivity index (χ1n) is 9.47. The van der Waals surface area contributed by atoms with Gasteiger partial charge < -0.3 is 14.5 Å². The molecular weight excluding hydrogens is 316 g/mol. The molecule has 2 aliphatic rings. The summed E-state index contributed by atoms with van der Waals surface area (Å²) < 4.78 is 6.02. The van der Waals surface area contributed by atoms with Gasteiger partial charge in [0.25, 0.3) is 0 Å². The molecule has 2 aliphatic heterocycles. The molecule has 0 atom stereocenters. The van der Waals surface area contributed by atoms with Crippen molar-refractivity contribution in [3.05, 3.63) is 29.8 Å². The average molecular weight is 344 g/mol. The Bertz CT molecular complexity index is 611. The first kappa shape index (κ1) is 17.8. The quantitative estimate of drug-likeness (QED) is 0.797. The highest BCUT2D eigenvalue weighted by molar-refractivity contribution is 5.79. The van der Waals surface area contributed by atoms with Crippen molar-refractivity contribution in [3.63, 3.8) is 0 Å². The summed E-state index contributed by atoms with van der Waals surface area (Å²) in [7, 11) is 0. The fourth-order valence-corrected chi connectivity index (χ4v) is 3.47. The standard InChI is InChI=1S/C20H28N2O3/c1-2-16-8-5-6-9-18(16)25-17-14-22(15-17)20(24)11-13-21-12-7-3-4-10-19(21)23/h5-6,8-9,17H,2-4,7,10-15H2,1H3. The fourth-order valence-electron chi connectivity index (χ4n) is 3.47. The molecule has 2 heterocycles. The maximum absolute atomic E-state index is 12.3. The summed E-state index contributed by atoms with van der Waals surface area (Å²) in [5, 5.41) is 0. The molecule has 0 spiro atoms. The van der Waals surface area contributed by atoms with Crippen LogP contribution in [0, 0.1) is 0 Å². The predicted molar refractivity (Wildman–Crippen MR) is 96.5 cm³/mol. The number of rotatable bonds is 6. The molecule has 2 fully saturated rings. The first-order valence-corrected chi connectivity index (χ1v) is 9.47. The lowest BCUT2D eigenvalue weighted by Crippen LogP contribution is -2.56.